The quantitative estimate of drug-likeness (QED) is 0.773. The molecule has 3 rings (SSSR count). The van der Waals surface area contributed by atoms with Crippen LogP contribution in [-0.2, 0) is 0 Å². The van der Waals surface area contributed by atoms with E-state index in [4.69, 9.17) is 10.5 Å². The molecule has 0 saturated heterocycles. The minimum Gasteiger partial charge on any atom is -0.493 e. The molecule has 106 valence electrons. The van der Waals surface area contributed by atoms with Gasteiger partial charge in [-0.2, -0.15) is 0 Å². The number of anilines is 1. The van der Waals surface area contributed by atoms with E-state index in [1.807, 2.05) is 18.3 Å². The lowest BCUT2D eigenvalue weighted by molar-refractivity contribution is 0.415. The number of hydrogen-bond donors (Lipinski definition) is 2. The van der Waals surface area contributed by atoms with Crippen LogP contribution < -0.4 is 10.5 Å². The molecule has 3 N–H and O–H groups in total. The summed E-state index contributed by atoms with van der Waals surface area (Å²) in [6, 6.07) is 10.1. The number of nitrogens with one attached hydrogen (secondary N) is 1. The zero-order valence-electron chi connectivity index (χ0n) is 11.4. The Morgan fingerprint density at radius 3 is 2.57 bits per heavy atom. The molecule has 4 nitrogen and oxygen atoms in total. The van der Waals surface area contributed by atoms with Gasteiger partial charge in [-0.3, -0.25) is 0 Å². The maximum absolute atomic E-state index is 12.9. The summed E-state index contributed by atoms with van der Waals surface area (Å²) in [5.41, 5.74) is 9.38. The molecule has 0 spiro atoms. The van der Waals surface area contributed by atoms with Gasteiger partial charge < -0.3 is 15.5 Å². The molecule has 2 heterocycles. The fourth-order valence-corrected chi connectivity index (χ4v) is 2.13. The molecule has 0 radical (unpaired) electrons. The van der Waals surface area contributed by atoms with Gasteiger partial charge >= 0.3 is 0 Å². The summed E-state index contributed by atoms with van der Waals surface area (Å²) >= 11 is 0. The molecule has 0 amide bonds. The Kier molecular flexibility index (Phi) is 3.31. The Hall–Kier alpha value is -2.82. The molecule has 0 fully saturated rings. The highest BCUT2D eigenvalue weighted by Crippen LogP contribution is 2.29. The normalized spacial score (nSPS) is 10.6. The van der Waals surface area contributed by atoms with Crippen molar-refractivity contribution in [1.82, 2.24) is 9.97 Å². The summed E-state index contributed by atoms with van der Waals surface area (Å²) < 4.78 is 18.1. The van der Waals surface area contributed by atoms with Crippen LogP contribution in [0.15, 0.2) is 48.8 Å². The van der Waals surface area contributed by atoms with Crippen molar-refractivity contribution in [2.45, 2.75) is 0 Å². The Labute approximate surface area is 121 Å². The predicted molar refractivity (Wildman–Crippen MR) is 80.4 cm³/mol. The first-order valence-electron chi connectivity index (χ1n) is 6.41. The Balaban J connectivity index is 1.96. The molecule has 0 aliphatic heterocycles. The standard InChI is InChI=1S/C16H14FN3O/c1-21-15-7-12(9-20-16(15)18)11-6-14(19-8-11)10-2-4-13(17)5-3-10/h2-9,19H,1H3,(H2,18,20). The number of rotatable bonds is 3. The topological polar surface area (TPSA) is 63.9 Å². The number of aromatic amines is 1. The Bertz CT molecular complexity index is 765. The summed E-state index contributed by atoms with van der Waals surface area (Å²) in [5, 5.41) is 0. The Morgan fingerprint density at radius 1 is 1.10 bits per heavy atom. The number of ether oxygens (including phenoxy) is 1. The highest BCUT2D eigenvalue weighted by molar-refractivity contribution is 5.72. The average molecular weight is 283 g/mol. The second-order valence-corrected chi connectivity index (χ2v) is 4.62. The van der Waals surface area contributed by atoms with Gasteiger partial charge in [0.1, 0.15) is 5.82 Å². The van der Waals surface area contributed by atoms with Crippen molar-refractivity contribution >= 4 is 5.82 Å². The van der Waals surface area contributed by atoms with Crippen LogP contribution in [-0.4, -0.2) is 17.1 Å². The molecule has 21 heavy (non-hydrogen) atoms. The predicted octanol–water partition coefficient (Wildman–Crippen LogP) is 3.47. The summed E-state index contributed by atoms with van der Waals surface area (Å²) in [4.78, 5) is 7.28. The maximum Gasteiger partial charge on any atom is 0.166 e. The number of nitrogen functional groups attached to an aromatic ring is 1. The number of nitrogens with two attached hydrogens (primary N) is 1. The third kappa shape index (κ3) is 2.58. The van der Waals surface area contributed by atoms with E-state index in [1.165, 1.54) is 12.1 Å². The van der Waals surface area contributed by atoms with E-state index in [1.54, 1.807) is 25.4 Å². The summed E-state index contributed by atoms with van der Waals surface area (Å²) in [6.45, 7) is 0. The van der Waals surface area contributed by atoms with Crippen molar-refractivity contribution in [2.75, 3.05) is 12.8 Å². The first kappa shape index (κ1) is 13.2. The van der Waals surface area contributed by atoms with E-state index in [9.17, 15) is 4.39 Å². The first-order chi connectivity index (χ1) is 10.2. The van der Waals surface area contributed by atoms with Crippen LogP contribution in [0.1, 0.15) is 0 Å². The molecule has 0 aliphatic carbocycles. The third-order valence-corrected chi connectivity index (χ3v) is 3.27. The number of nitrogens with zero attached hydrogens (tertiary/aromatic N) is 1. The van der Waals surface area contributed by atoms with E-state index >= 15 is 0 Å². The van der Waals surface area contributed by atoms with Gasteiger partial charge in [0.15, 0.2) is 11.6 Å². The van der Waals surface area contributed by atoms with Crippen molar-refractivity contribution in [3.05, 3.63) is 54.6 Å². The van der Waals surface area contributed by atoms with Gasteiger partial charge in [0.2, 0.25) is 0 Å². The molecule has 2 aromatic heterocycles. The fourth-order valence-electron chi connectivity index (χ4n) is 2.13. The van der Waals surface area contributed by atoms with Crippen LogP contribution in [0.3, 0.4) is 0 Å². The fraction of sp³-hybridized carbons (Fsp3) is 0.0625. The van der Waals surface area contributed by atoms with Crippen molar-refractivity contribution in [3.8, 4) is 28.1 Å². The third-order valence-electron chi connectivity index (χ3n) is 3.27. The first-order valence-corrected chi connectivity index (χ1v) is 6.41. The van der Waals surface area contributed by atoms with Crippen molar-refractivity contribution in [2.24, 2.45) is 0 Å². The molecule has 1 aromatic carbocycles. The second kappa shape index (κ2) is 5.28. The number of H-pyrrole nitrogens is 1. The van der Waals surface area contributed by atoms with Crippen LogP contribution in [0.5, 0.6) is 5.75 Å². The highest BCUT2D eigenvalue weighted by atomic mass is 19.1. The number of aromatic nitrogens is 2. The van der Waals surface area contributed by atoms with Crippen LogP contribution in [0.4, 0.5) is 10.2 Å². The van der Waals surface area contributed by atoms with Gasteiger partial charge in [0.05, 0.1) is 7.11 Å². The molecular weight excluding hydrogens is 269 g/mol. The largest absolute Gasteiger partial charge is 0.493 e. The smallest absolute Gasteiger partial charge is 0.166 e. The molecule has 0 saturated carbocycles. The lowest BCUT2D eigenvalue weighted by Crippen LogP contribution is -1.95. The maximum atomic E-state index is 12.9. The van der Waals surface area contributed by atoms with Crippen LogP contribution in [0.2, 0.25) is 0 Å². The number of pyridine rings is 1. The molecule has 3 aromatic rings. The van der Waals surface area contributed by atoms with Crippen molar-refractivity contribution < 1.29 is 9.13 Å². The lowest BCUT2D eigenvalue weighted by atomic mass is 10.1. The van der Waals surface area contributed by atoms with Crippen molar-refractivity contribution in [1.29, 1.82) is 0 Å². The minimum absolute atomic E-state index is 0.252. The van der Waals surface area contributed by atoms with E-state index in [2.05, 4.69) is 9.97 Å². The second-order valence-electron chi connectivity index (χ2n) is 4.62. The summed E-state index contributed by atoms with van der Waals surface area (Å²) in [7, 11) is 1.55. The van der Waals surface area contributed by atoms with Gasteiger partial charge in [-0.05, 0) is 42.0 Å². The van der Waals surface area contributed by atoms with Gasteiger partial charge in [0, 0.05) is 29.2 Å². The molecule has 0 aliphatic rings. The molecular formula is C16H14FN3O. The molecule has 0 atom stereocenters. The van der Waals surface area contributed by atoms with E-state index < -0.39 is 0 Å². The summed E-state index contributed by atoms with van der Waals surface area (Å²) in [6.07, 6.45) is 3.56. The Morgan fingerprint density at radius 2 is 1.86 bits per heavy atom. The SMILES string of the molecule is COc1cc(-c2c[nH]c(-c3ccc(F)cc3)c2)cnc1N. The van der Waals surface area contributed by atoms with E-state index in [0.717, 1.165) is 22.4 Å². The minimum atomic E-state index is -0.252. The average Bonchev–Trinajstić information content (AvgIpc) is 2.98. The molecule has 0 bridgehead atoms. The van der Waals surface area contributed by atoms with Crippen LogP contribution >= 0.6 is 0 Å². The number of hydrogen-bond acceptors (Lipinski definition) is 3. The van der Waals surface area contributed by atoms with Crippen molar-refractivity contribution in [3.63, 3.8) is 0 Å². The summed E-state index contributed by atoms with van der Waals surface area (Å²) in [5.74, 6) is 0.644. The monoisotopic (exact) mass is 283 g/mol. The number of methoxy groups -OCH3 is 1. The van der Waals surface area contributed by atoms with Gasteiger partial charge in [-0.1, -0.05) is 0 Å². The zero-order chi connectivity index (χ0) is 14.8. The number of benzene rings is 1. The number of halogens is 1. The molecule has 0 unspecified atom stereocenters. The highest BCUT2D eigenvalue weighted by Gasteiger charge is 2.08. The van der Waals surface area contributed by atoms with Crippen LogP contribution in [0.25, 0.3) is 22.4 Å². The molecule has 5 heteroatoms. The van der Waals surface area contributed by atoms with Crippen LogP contribution in [0, 0.1) is 5.82 Å². The van der Waals surface area contributed by atoms with Gasteiger partial charge in [-0.25, -0.2) is 9.37 Å². The van der Waals surface area contributed by atoms with Gasteiger partial charge in [0.25, 0.3) is 0 Å². The van der Waals surface area contributed by atoms with E-state index in [-0.39, 0.29) is 5.82 Å². The zero-order valence-corrected chi connectivity index (χ0v) is 11.4. The van der Waals surface area contributed by atoms with E-state index in [0.29, 0.717) is 11.6 Å². The lowest BCUT2D eigenvalue weighted by Gasteiger charge is -2.05. The van der Waals surface area contributed by atoms with Gasteiger partial charge in [-0.15, -0.1) is 0 Å².